The molecule has 1 aromatic carbocycles. The zero-order valence-corrected chi connectivity index (χ0v) is 9.17. The van der Waals surface area contributed by atoms with E-state index < -0.39 is 0 Å². The van der Waals surface area contributed by atoms with Crippen molar-refractivity contribution in [2.45, 2.75) is 25.4 Å². The van der Waals surface area contributed by atoms with Crippen molar-refractivity contribution in [3.8, 4) is 0 Å². The number of hydrazine groups is 1. The highest BCUT2D eigenvalue weighted by Crippen LogP contribution is 2.29. The molecule has 2 aliphatic heterocycles. The molecule has 0 spiro atoms. The fraction of sp³-hybridized carbons (Fsp3) is 0.500. The Kier molecular flexibility index (Phi) is 2.53. The predicted molar refractivity (Wildman–Crippen MR) is 61.6 cm³/mol. The lowest BCUT2D eigenvalue weighted by atomic mass is 10.1. The summed E-state index contributed by atoms with van der Waals surface area (Å²) in [5.41, 5.74) is 5.57. The van der Waals surface area contributed by atoms with Crippen LogP contribution in [0.25, 0.3) is 0 Å². The molecule has 0 atom stereocenters. The fourth-order valence-corrected chi connectivity index (χ4v) is 2.56. The largest absolute Gasteiger partial charge is 0.317 e. The van der Waals surface area contributed by atoms with Crippen molar-refractivity contribution in [2.75, 3.05) is 18.1 Å². The molecule has 0 radical (unpaired) electrons. The van der Waals surface area contributed by atoms with Gasteiger partial charge in [-0.2, -0.15) is 0 Å². The molecule has 0 amide bonds. The molecule has 16 heavy (non-hydrogen) atoms. The van der Waals surface area contributed by atoms with E-state index in [0.717, 1.165) is 38.2 Å². The first-order valence-corrected chi connectivity index (χ1v) is 5.86. The van der Waals surface area contributed by atoms with Crippen LogP contribution >= 0.6 is 0 Å². The number of hydrogen-bond donors (Lipinski definition) is 2. The van der Waals surface area contributed by atoms with Crippen LogP contribution in [0.5, 0.6) is 0 Å². The van der Waals surface area contributed by atoms with Crippen LogP contribution in [0.4, 0.5) is 10.1 Å². The van der Waals surface area contributed by atoms with Crippen molar-refractivity contribution in [3.05, 3.63) is 29.6 Å². The van der Waals surface area contributed by atoms with Gasteiger partial charge in [0, 0.05) is 12.6 Å². The Morgan fingerprint density at radius 1 is 1.25 bits per heavy atom. The summed E-state index contributed by atoms with van der Waals surface area (Å²) in [6.45, 7) is 2.92. The SMILES string of the molecule is Fc1ccc2c(c1)N(C1CCNCC1)NC2. The minimum Gasteiger partial charge on any atom is -0.317 e. The number of benzene rings is 1. The molecule has 2 N–H and O–H groups in total. The predicted octanol–water partition coefficient (Wildman–Crippen LogP) is 1.40. The summed E-state index contributed by atoms with van der Waals surface area (Å²) in [7, 11) is 0. The molecule has 0 saturated carbocycles. The van der Waals surface area contributed by atoms with Gasteiger partial charge in [0.2, 0.25) is 0 Å². The first-order chi connectivity index (χ1) is 7.84. The number of nitrogens with zero attached hydrogens (tertiary/aromatic N) is 1. The molecule has 1 fully saturated rings. The number of piperidine rings is 1. The molecule has 4 heteroatoms. The van der Waals surface area contributed by atoms with Crippen LogP contribution in [0.3, 0.4) is 0 Å². The lowest BCUT2D eigenvalue weighted by Crippen LogP contribution is -2.47. The lowest BCUT2D eigenvalue weighted by molar-refractivity contribution is 0.408. The summed E-state index contributed by atoms with van der Waals surface area (Å²) in [6.07, 6.45) is 2.23. The highest BCUT2D eigenvalue weighted by Gasteiger charge is 2.27. The molecule has 3 nitrogen and oxygen atoms in total. The number of fused-ring (bicyclic) bond motifs is 1. The minimum absolute atomic E-state index is 0.151. The number of rotatable bonds is 1. The zero-order valence-electron chi connectivity index (χ0n) is 9.17. The van der Waals surface area contributed by atoms with Gasteiger partial charge >= 0.3 is 0 Å². The lowest BCUT2D eigenvalue weighted by Gasteiger charge is -2.33. The van der Waals surface area contributed by atoms with E-state index in [1.165, 1.54) is 11.6 Å². The van der Waals surface area contributed by atoms with Crippen molar-refractivity contribution in [1.29, 1.82) is 0 Å². The van der Waals surface area contributed by atoms with Gasteiger partial charge in [0.15, 0.2) is 0 Å². The van der Waals surface area contributed by atoms with Crippen LogP contribution in [0.15, 0.2) is 18.2 Å². The quantitative estimate of drug-likeness (QED) is 0.750. The average molecular weight is 221 g/mol. The second-order valence-electron chi connectivity index (χ2n) is 4.46. The third-order valence-electron chi connectivity index (χ3n) is 3.42. The average Bonchev–Trinajstić information content (AvgIpc) is 2.73. The maximum absolute atomic E-state index is 13.2. The summed E-state index contributed by atoms with van der Waals surface area (Å²) in [6, 6.07) is 5.53. The molecule has 0 aromatic heterocycles. The maximum Gasteiger partial charge on any atom is 0.125 e. The summed E-state index contributed by atoms with van der Waals surface area (Å²) < 4.78 is 13.2. The van der Waals surface area contributed by atoms with Gasteiger partial charge < -0.3 is 10.3 Å². The van der Waals surface area contributed by atoms with E-state index in [4.69, 9.17) is 0 Å². The molecule has 0 unspecified atom stereocenters. The third kappa shape index (κ3) is 1.68. The highest BCUT2D eigenvalue weighted by molar-refractivity contribution is 5.57. The van der Waals surface area contributed by atoms with Crippen LogP contribution in [-0.2, 0) is 6.54 Å². The summed E-state index contributed by atoms with van der Waals surface area (Å²) in [5.74, 6) is -0.151. The van der Waals surface area contributed by atoms with Crippen molar-refractivity contribution < 1.29 is 4.39 Å². The first kappa shape index (κ1) is 10.1. The molecule has 2 aliphatic rings. The molecule has 0 aliphatic carbocycles. The van der Waals surface area contributed by atoms with Crippen LogP contribution in [0.1, 0.15) is 18.4 Å². The van der Waals surface area contributed by atoms with Crippen LogP contribution in [-0.4, -0.2) is 19.1 Å². The van der Waals surface area contributed by atoms with E-state index in [9.17, 15) is 4.39 Å². The van der Waals surface area contributed by atoms with Gasteiger partial charge in [-0.05, 0) is 43.6 Å². The third-order valence-corrected chi connectivity index (χ3v) is 3.42. The van der Waals surface area contributed by atoms with Crippen molar-refractivity contribution in [1.82, 2.24) is 10.7 Å². The van der Waals surface area contributed by atoms with Crippen molar-refractivity contribution >= 4 is 5.69 Å². The molecular weight excluding hydrogens is 205 g/mol. The van der Waals surface area contributed by atoms with Gasteiger partial charge in [0.25, 0.3) is 0 Å². The van der Waals surface area contributed by atoms with Gasteiger partial charge in [0.05, 0.1) is 5.69 Å². The van der Waals surface area contributed by atoms with Gasteiger partial charge in [0.1, 0.15) is 5.82 Å². The van der Waals surface area contributed by atoms with Crippen LogP contribution in [0.2, 0.25) is 0 Å². The van der Waals surface area contributed by atoms with Crippen LogP contribution in [0, 0.1) is 5.82 Å². The smallest absolute Gasteiger partial charge is 0.125 e. The monoisotopic (exact) mass is 221 g/mol. The highest BCUT2D eigenvalue weighted by atomic mass is 19.1. The number of nitrogens with one attached hydrogen (secondary N) is 2. The topological polar surface area (TPSA) is 27.3 Å². The Morgan fingerprint density at radius 3 is 2.88 bits per heavy atom. The normalized spacial score (nSPS) is 21.2. The zero-order chi connectivity index (χ0) is 11.0. The fourth-order valence-electron chi connectivity index (χ4n) is 2.56. The number of anilines is 1. The van der Waals surface area contributed by atoms with Gasteiger partial charge in [-0.15, -0.1) is 0 Å². The van der Waals surface area contributed by atoms with Crippen molar-refractivity contribution in [2.24, 2.45) is 0 Å². The van der Waals surface area contributed by atoms with E-state index in [0.29, 0.717) is 6.04 Å². The second kappa shape index (κ2) is 4.03. The van der Waals surface area contributed by atoms with Crippen LogP contribution < -0.4 is 15.8 Å². The Bertz CT molecular complexity index is 388. The maximum atomic E-state index is 13.2. The Labute approximate surface area is 94.6 Å². The first-order valence-electron chi connectivity index (χ1n) is 5.86. The van der Waals surface area contributed by atoms with Crippen molar-refractivity contribution in [3.63, 3.8) is 0 Å². The Hall–Kier alpha value is -1.13. The Morgan fingerprint density at radius 2 is 2.06 bits per heavy atom. The van der Waals surface area contributed by atoms with E-state index in [-0.39, 0.29) is 5.82 Å². The van der Waals surface area contributed by atoms with E-state index >= 15 is 0 Å². The molecule has 1 aromatic rings. The number of halogens is 1. The van der Waals surface area contributed by atoms with E-state index in [2.05, 4.69) is 15.8 Å². The minimum atomic E-state index is -0.151. The molecule has 86 valence electrons. The molecular formula is C12H16FN3. The summed E-state index contributed by atoms with van der Waals surface area (Å²) in [5, 5.41) is 5.50. The van der Waals surface area contributed by atoms with Gasteiger partial charge in [-0.1, -0.05) is 6.07 Å². The van der Waals surface area contributed by atoms with E-state index in [1.54, 1.807) is 6.07 Å². The van der Waals surface area contributed by atoms with E-state index in [1.807, 2.05) is 6.07 Å². The summed E-state index contributed by atoms with van der Waals surface area (Å²) in [4.78, 5) is 0. The molecule has 0 bridgehead atoms. The van der Waals surface area contributed by atoms with Gasteiger partial charge in [-0.3, -0.25) is 0 Å². The Balaban J connectivity index is 1.86. The van der Waals surface area contributed by atoms with Gasteiger partial charge in [-0.25, -0.2) is 9.82 Å². The molecule has 1 saturated heterocycles. The molecule has 2 heterocycles. The standard InChI is InChI=1S/C12H16FN3/c13-10-2-1-9-8-15-16(12(9)7-10)11-3-5-14-6-4-11/h1-2,7,11,14-15H,3-6,8H2. The number of hydrogen-bond acceptors (Lipinski definition) is 3. The summed E-state index contributed by atoms with van der Waals surface area (Å²) >= 11 is 0. The second-order valence-corrected chi connectivity index (χ2v) is 4.46. The molecule has 3 rings (SSSR count).